The lowest BCUT2D eigenvalue weighted by atomic mass is 9.87. The van der Waals surface area contributed by atoms with Crippen molar-refractivity contribution >= 4 is 17.6 Å². The Kier molecular flexibility index (Phi) is 4.62. The van der Waals surface area contributed by atoms with Crippen LogP contribution in [-0.4, -0.2) is 18.2 Å². The third-order valence-corrected chi connectivity index (χ3v) is 5.41. The van der Waals surface area contributed by atoms with Crippen LogP contribution < -0.4 is 4.74 Å². The number of carbonyl (C=O) groups is 1. The van der Waals surface area contributed by atoms with Crippen LogP contribution in [0.4, 0.5) is 0 Å². The quantitative estimate of drug-likeness (QED) is 0.807. The van der Waals surface area contributed by atoms with E-state index in [1.165, 1.54) is 24.0 Å². The molecule has 1 fully saturated rings. The summed E-state index contributed by atoms with van der Waals surface area (Å²) in [4.78, 5) is 11.3. The highest BCUT2D eigenvalue weighted by Gasteiger charge is 2.36. The maximum Gasteiger partial charge on any atom is 0.303 e. The molecule has 1 atom stereocenters. The van der Waals surface area contributed by atoms with Gasteiger partial charge in [-0.3, -0.25) is 4.79 Å². The number of rotatable bonds is 5. The lowest BCUT2D eigenvalue weighted by Gasteiger charge is -2.22. The summed E-state index contributed by atoms with van der Waals surface area (Å²) in [5.41, 5.74) is 3.53. The van der Waals surface area contributed by atoms with Crippen molar-refractivity contribution in [3.8, 4) is 5.75 Å². The number of carboxylic acid groups (broad SMARTS) is 1. The maximum atomic E-state index is 11.3. The van der Waals surface area contributed by atoms with Crippen molar-refractivity contribution in [1.82, 2.24) is 0 Å². The van der Waals surface area contributed by atoms with Crippen molar-refractivity contribution in [2.45, 2.75) is 57.3 Å². The number of ether oxygens (including phenoxy) is 1. The first-order valence-electron chi connectivity index (χ1n) is 8.21. The molecular weight excluding hydrogens is 300 g/mol. The van der Waals surface area contributed by atoms with Gasteiger partial charge < -0.3 is 9.84 Å². The molecule has 2 aliphatic carbocycles. The topological polar surface area (TPSA) is 46.5 Å². The summed E-state index contributed by atoms with van der Waals surface area (Å²) in [6.07, 6.45) is 7.98. The number of methoxy groups -OCH3 is 1. The van der Waals surface area contributed by atoms with Gasteiger partial charge in [-0.1, -0.05) is 24.1 Å². The van der Waals surface area contributed by atoms with E-state index >= 15 is 0 Å². The molecule has 0 aromatic heterocycles. The lowest BCUT2D eigenvalue weighted by molar-refractivity contribution is -0.137. The molecule has 0 radical (unpaired) electrons. The minimum atomic E-state index is -0.745. The molecular formula is C18H23ClO3. The molecule has 0 amide bonds. The van der Waals surface area contributed by atoms with Gasteiger partial charge in [-0.2, -0.15) is 0 Å². The predicted molar refractivity (Wildman–Crippen MR) is 87.0 cm³/mol. The third-order valence-electron chi connectivity index (χ3n) is 5.01. The van der Waals surface area contributed by atoms with Crippen LogP contribution in [0.1, 0.15) is 61.1 Å². The highest BCUT2D eigenvalue weighted by molar-refractivity contribution is 6.33. The SMILES string of the molecule is COc1c(C(CC(=O)O)C2CC2)cc2c(c1Cl)CCCCC2. The van der Waals surface area contributed by atoms with E-state index in [0.29, 0.717) is 16.7 Å². The summed E-state index contributed by atoms with van der Waals surface area (Å²) in [6, 6.07) is 2.19. The molecule has 1 aromatic rings. The lowest BCUT2D eigenvalue weighted by Crippen LogP contribution is -2.11. The van der Waals surface area contributed by atoms with E-state index in [2.05, 4.69) is 6.07 Å². The Hall–Kier alpha value is -1.22. The number of halogens is 1. The fraction of sp³-hybridized carbons (Fsp3) is 0.611. The Balaban J connectivity index is 2.07. The average Bonchev–Trinajstić information content (AvgIpc) is 3.31. The van der Waals surface area contributed by atoms with Gasteiger partial charge in [-0.15, -0.1) is 0 Å². The Labute approximate surface area is 136 Å². The van der Waals surface area contributed by atoms with E-state index in [1.54, 1.807) is 7.11 Å². The van der Waals surface area contributed by atoms with Crippen LogP contribution in [0.5, 0.6) is 5.75 Å². The summed E-state index contributed by atoms with van der Waals surface area (Å²) >= 11 is 6.64. The Morgan fingerprint density at radius 1 is 1.36 bits per heavy atom. The van der Waals surface area contributed by atoms with Gasteiger partial charge in [0.25, 0.3) is 0 Å². The molecule has 120 valence electrons. The van der Waals surface area contributed by atoms with Crippen LogP contribution in [0.2, 0.25) is 5.02 Å². The zero-order valence-electron chi connectivity index (χ0n) is 13.0. The molecule has 0 saturated heterocycles. The zero-order valence-corrected chi connectivity index (χ0v) is 13.8. The average molecular weight is 323 g/mol. The summed E-state index contributed by atoms with van der Waals surface area (Å²) in [5, 5.41) is 9.98. The number of benzene rings is 1. The number of aliphatic carboxylic acids is 1. The van der Waals surface area contributed by atoms with Crippen LogP contribution in [-0.2, 0) is 17.6 Å². The minimum absolute atomic E-state index is 0.0264. The van der Waals surface area contributed by atoms with Crippen LogP contribution in [0.25, 0.3) is 0 Å². The van der Waals surface area contributed by atoms with E-state index in [-0.39, 0.29) is 12.3 Å². The van der Waals surface area contributed by atoms with Crippen LogP contribution in [0.15, 0.2) is 6.07 Å². The minimum Gasteiger partial charge on any atom is -0.495 e. The van der Waals surface area contributed by atoms with Crippen molar-refractivity contribution < 1.29 is 14.6 Å². The Morgan fingerprint density at radius 2 is 2.09 bits per heavy atom. The van der Waals surface area contributed by atoms with E-state index in [1.807, 2.05) is 0 Å². The van der Waals surface area contributed by atoms with E-state index in [4.69, 9.17) is 16.3 Å². The van der Waals surface area contributed by atoms with Gasteiger partial charge in [-0.25, -0.2) is 0 Å². The van der Waals surface area contributed by atoms with E-state index in [0.717, 1.165) is 37.7 Å². The summed E-state index contributed by atoms with van der Waals surface area (Å²) < 4.78 is 5.60. The molecule has 0 spiro atoms. The summed E-state index contributed by atoms with van der Waals surface area (Å²) in [5.74, 6) is 0.453. The molecule has 0 bridgehead atoms. The summed E-state index contributed by atoms with van der Waals surface area (Å²) in [7, 11) is 1.64. The third kappa shape index (κ3) is 3.10. The molecule has 1 aromatic carbocycles. The first kappa shape index (κ1) is 15.7. The second-order valence-electron chi connectivity index (χ2n) is 6.55. The molecule has 0 aliphatic heterocycles. The van der Waals surface area contributed by atoms with Crippen molar-refractivity contribution in [2.24, 2.45) is 5.92 Å². The Bertz CT molecular complexity index is 578. The fourth-order valence-corrected chi connectivity index (χ4v) is 4.13. The smallest absolute Gasteiger partial charge is 0.303 e. The monoisotopic (exact) mass is 322 g/mol. The van der Waals surface area contributed by atoms with Crippen molar-refractivity contribution in [3.05, 3.63) is 27.8 Å². The maximum absolute atomic E-state index is 11.3. The zero-order chi connectivity index (χ0) is 15.7. The van der Waals surface area contributed by atoms with E-state index in [9.17, 15) is 9.90 Å². The molecule has 3 nitrogen and oxygen atoms in total. The van der Waals surface area contributed by atoms with Crippen LogP contribution in [0.3, 0.4) is 0 Å². The van der Waals surface area contributed by atoms with Gasteiger partial charge in [0.15, 0.2) is 0 Å². The van der Waals surface area contributed by atoms with Gasteiger partial charge in [0.2, 0.25) is 0 Å². The van der Waals surface area contributed by atoms with Gasteiger partial charge in [0.05, 0.1) is 18.6 Å². The van der Waals surface area contributed by atoms with Crippen molar-refractivity contribution in [3.63, 3.8) is 0 Å². The molecule has 1 N–H and O–H groups in total. The van der Waals surface area contributed by atoms with Gasteiger partial charge in [0, 0.05) is 5.92 Å². The number of fused-ring (bicyclic) bond motifs is 1. The number of aryl methyl sites for hydroxylation is 1. The normalized spacial score (nSPS) is 19.2. The second-order valence-corrected chi connectivity index (χ2v) is 6.93. The molecule has 0 heterocycles. The van der Waals surface area contributed by atoms with Crippen LogP contribution >= 0.6 is 11.6 Å². The molecule has 3 rings (SSSR count). The highest BCUT2D eigenvalue weighted by Crippen LogP contribution is 2.50. The standard InChI is InChI=1S/C18H23ClO3/c1-22-18-15(14(10-16(20)21)11-7-8-11)9-12-5-3-2-4-6-13(12)17(18)19/h9,11,14H,2-8,10H2,1H3,(H,20,21). The summed E-state index contributed by atoms with van der Waals surface area (Å²) in [6.45, 7) is 0. The highest BCUT2D eigenvalue weighted by atomic mass is 35.5. The largest absolute Gasteiger partial charge is 0.495 e. The second kappa shape index (κ2) is 6.49. The first-order valence-corrected chi connectivity index (χ1v) is 8.59. The van der Waals surface area contributed by atoms with Crippen molar-refractivity contribution in [1.29, 1.82) is 0 Å². The van der Waals surface area contributed by atoms with Gasteiger partial charge in [-0.05, 0) is 61.1 Å². The van der Waals surface area contributed by atoms with Crippen LogP contribution in [0, 0.1) is 5.92 Å². The number of hydrogen-bond donors (Lipinski definition) is 1. The number of hydrogen-bond acceptors (Lipinski definition) is 2. The van der Waals surface area contributed by atoms with E-state index < -0.39 is 5.97 Å². The molecule has 1 unspecified atom stereocenters. The van der Waals surface area contributed by atoms with Gasteiger partial charge >= 0.3 is 5.97 Å². The molecule has 2 aliphatic rings. The molecule has 22 heavy (non-hydrogen) atoms. The Morgan fingerprint density at radius 3 is 2.73 bits per heavy atom. The first-order chi connectivity index (χ1) is 10.6. The predicted octanol–water partition coefficient (Wildman–Crippen LogP) is 4.59. The molecule has 4 heteroatoms. The molecule has 1 saturated carbocycles. The number of carboxylic acids is 1. The van der Waals surface area contributed by atoms with Crippen molar-refractivity contribution in [2.75, 3.05) is 7.11 Å². The fourth-order valence-electron chi connectivity index (χ4n) is 3.73. The van der Waals surface area contributed by atoms with Gasteiger partial charge in [0.1, 0.15) is 5.75 Å².